The molecule has 5 nitrogen and oxygen atoms in total. The fraction of sp³-hybridized carbons (Fsp3) is 0.0833. The summed E-state index contributed by atoms with van der Waals surface area (Å²) in [6, 6.07) is 22.3. The van der Waals surface area contributed by atoms with Gasteiger partial charge in [-0.1, -0.05) is 58.4 Å². The second kappa shape index (κ2) is 7.06. The van der Waals surface area contributed by atoms with E-state index < -0.39 is 6.10 Å². The Kier molecular flexibility index (Phi) is 4.17. The van der Waals surface area contributed by atoms with Crippen LogP contribution in [0.1, 0.15) is 28.8 Å². The Balaban J connectivity index is 1.65. The summed E-state index contributed by atoms with van der Waals surface area (Å²) < 4.78 is 24.2. The van der Waals surface area contributed by atoms with Gasteiger partial charge in [-0.15, -0.1) is 0 Å². The number of anilines is 1. The molecule has 31 heavy (non-hydrogen) atoms. The maximum atomic E-state index is 15.0. The zero-order valence-electron chi connectivity index (χ0n) is 16.2. The van der Waals surface area contributed by atoms with Crippen molar-refractivity contribution in [2.24, 2.45) is 0 Å². The van der Waals surface area contributed by atoms with Gasteiger partial charge in [-0.05, 0) is 35.9 Å². The number of fused-ring (bicyclic) bond motifs is 3. The van der Waals surface area contributed by atoms with Gasteiger partial charge in [-0.25, -0.2) is 9.07 Å². The molecule has 0 saturated heterocycles. The van der Waals surface area contributed by atoms with E-state index in [0.29, 0.717) is 17.3 Å². The predicted octanol–water partition coefficient (Wildman–Crippen LogP) is 5.74. The molecule has 0 saturated carbocycles. The molecule has 0 bridgehead atoms. The summed E-state index contributed by atoms with van der Waals surface area (Å²) in [7, 11) is 0. The Morgan fingerprint density at radius 3 is 2.58 bits per heavy atom. The maximum absolute atomic E-state index is 15.0. The maximum Gasteiger partial charge on any atom is 0.226 e. The molecule has 3 aromatic carbocycles. The van der Waals surface area contributed by atoms with Gasteiger partial charge in [-0.3, -0.25) is 0 Å². The van der Waals surface area contributed by atoms with Crippen molar-refractivity contribution in [1.82, 2.24) is 14.8 Å². The van der Waals surface area contributed by atoms with Crippen molar-refractivity contribution in [1.29, 1.82) is 0 Å². The smallest absolute Gasteiger partial charge is 0.226 e. The van der Waals surface area contributed by atoms with Crippen LogP contribution in [0.3, 0.4) is 0 Å². The molecule has 2 aliphatic rings. The summed E-state index contributed by atoms with van der Waals surface area (Å²) in [5.74, 6) is 1.03. The van der Waals surface area contributed by atoms with Crippen molar-refractivity contribution in [3.63, 3.8) is 0 Å². The second-order valence-corrected chi connectivity index (χ2v) is 8.37. The Labute approximate surface area is 186 Å². The largest absolute Gasteiger partial charge is 0.480 e. The highest BCUT2D eigenvalue weighted by Crippen LogP contribution is 2.50. The van der Waals surface area contributed by atoms with Crippen molar-refractivity contribution in [3.05, 3.63) is 112 Å². The topological polar surface area (TPSA) is 52.0 Å². The highest BCUT2D eigenvalue weighted by atomic mass is 79.9. The number of para-hydroxylation sites is 1. The summed E-state index contributed by atoms with van der Waals surface area (Å²) in [5.41, 5.74) is 4.18. The van der Waals surface area contributed by atoms with E-state index in [2.05, 4.69) is 31.3 Å². The highest BCUT2D eigenvalue weighted by molar-refractivity contribution is 9.10. The number of aromatic nitrogens is 3. The lowest BCUT2D eigenvalue weighted by atomic mass is 9.84. The summed E-state index contributed by atoms with van der Waals surface area (Å²) in [5, 5.41) is 7.91. The van der Waals surface area contributed by atoms with Gasteiger partial charge in [0, 0.05) is 21.2 Å². The Bertz CT molecular complexity index is 1330. The Hall–Kier alpha value is -3.45. The minimum Gasteiger partial charge on any atom is -0.480 e. The van der Waals surface area contributed by atoms with Crippen molar-refractivity contribution in [2.45, 2.75) is 12.1 Å². The monoisotopic (exact) mass is 474 g/mol. The molecule has 0 amide bonds. The lowest BCUT2D eigenvalue weighted by Crippen LogP contribution is -2.32. The van der Waals surface area contributed by atoms with Gasteiger partial charge in [0.1, 0.15) is 23.9 Å². The molecule has 7 heteroatoms. The van der Waals surface area contributed by atoms with Crippen LogP contribution in [0, 0.1) is 5.82 Å². The number of nitrogens with one attached hydrogen (secondary N) is 1. The minimum atomic E-state index is -0.621. The van der Waals surface area contributed by atoms with Crippen LogP contribution >= 0.6 is 15.9 Å². The second-order valence-electron chi connectivity index (χ2n) is 7.45. The minimum absolute atomic E-state index is 0.306. The van der Waals surface area contributed by atoms with E-state index in [4.69, 9.17) is 4.74 Å². The molecular weight excluding hydrogens is 459 g/mol. The normalized spacial score (nSPS) is 19.0. The van der Waals surface area contributed by atoms with E-state index in [1.54, 1.807) is 12.1 Å². The zero-order valence-corrected chi connectivity index (χ0v) is 17.8. The van der Waals surface area contributed by atoms with E-state index in [-0.39, 0.29) is 11.9 Å². The van der Waals surface area contributed by atoms with Crippen LogP contribution in [-0.4, -0.2) is 14.8 Å². The molecule has 1 aromatic heterocycles. The molecule has 0 aliphatic carbocycles. The lowest BCUT2D eigenvalue weighted by Gasteiger charge is -2.39. The van der Waals surface area contributed by atoms with Gasteiger partial charge in [0.15, 0.2) is 6.10 Å². The fourth-order valence-electron chi connectivity index (χ4n) is 4.33. The summed E-state index contributed by atoms with van der Waals surface area (Å²) in [4.78, 5) is 4.41. The summed E-state index contributed by atoms with van der Waals surface area (Å²) in [6.07, 6.45) is 0.905. The van der Waals surface area contributed by atoms with E-state index in [9.17, 15) is 4.39 Å². The van der Waals surface area contributed by atoms with Crippen LogP contribution in [0.25, 0.3) is 5.70 Å². The first-order chi connectivity index (χ1) is 15.2. The average Bonchev–Trinajstić information content (AvgIpc) is 3.27. The van der Waals surface area contributed by atoms with Crippen molar-refractivity contribution in [3.8, 4) is 5.75 Å². The highest BCUT2D eigenvalue weighted by Gasteiger charge is 2.41. The van der Waals surface area contributed by atoms with Crippen LogP contribution in [0.5, 0.6) is 5.75 Å². The first-order valence-electron chi connectivity index (χ1n) is 9.87. The lowest BCUT2D eigenvalue weighted by molar-refractivity contribution is 0.218. The van der Waals surface area contributed by atoms with Gasteiger partial charge in [0.05, 0.1) is 5.70 Å². The quantitative estimate of drug-likeness (QED) is 0.402. The summed E-state index contributed by atoms with van der Waals surface area (Å²) >= 11 is 3.51. The number of hydrogen-bond acceptors (Lipinski definition) is 4. The van der Waals surface area contributed by atoms with Crippen LogP contribution in [-0.2, 0) is 0 Å². The molecule has 2 aliphatic heterocycles. The molecule has 152 valence electrons. The standard InChI is InChI=1S/C24H16BrFN4O/c25-15-11-9-14(10-12-15)22-20-21(29-24-27-13-28-30(22)24)17-6-2-4-8-19(17)31-23(20)16-5-1-3-7-18(16)26/h1-13,22-23H,(H,27,28,29)/t22-,23-/m0/s1. The number of nitrogens with zero attached hydrogens (tertiary/aromatic N) is 3. The molecule has 0 fully saturated rings. The average molecular weight is 475 g/mol. The van der Waals surface area contributed by atoms with Crippen molar-refractivity contribution in [2.75, 3.05) is 5.32 Å². The number of benzene rings is 3. The van der Waals surface area contributed by atoms with Crippen LogP contribution in [0.15, 0.2) is 89.2 Å². The fourth-order valence-corrected chi connectivity index (χ4v) is 4.59. The van der Waals surface area contributed by atoms with Crippen LogP contribution in [0.2, 0.25) is 0 Å². The van der Waals surface area contributed by atoms with Crippen LogP contribution in [0.4, 0.5) is 10.3 Å². The first-order valence-corrected chi connectivity index (χ1v) is 10.7. The van der Waals surface area contributed by atoms with E-state index in [1.165, 1.54) is 12.4 Å². The molecule has 3 heterocycles. The van der Waals surface area contributed by atoms with E-state index in [1.807, 2.05) is 59.3 Å². The van der Waals surface area contributed by atoms with Gasteiger partial charge in [0.2, 0.25) is 5.95 Å². The first kappa shape index (κ1) is 18.3. The SMILES string of the molecule is Fc1ccccc1[C@@H]1Oc2ccccc2C2=C1[C@H](c1ccc(Br)cc1)n1ncnc1N2. The Morgan fingerprint density at radius 2 is 1.74 bits per heavy atom. The predicted molar refractivity (Wildman–Crippen MR) is 119 cm³/mol. The molecule has 0 radical (unpaired) electrons. The van der Waals surface area contributed by atoms with Crippen molar-refractivity contribution >= 4 is 27.6 Å². The number of rotatable bonds is 2. The molecule has 0 unspecified atom stereocenters. The molecular formula is C24H16BrFN4O. The third-order valence-electron chi connectivity index (χ3n) is 5.69. The van der Waals surface area contributed by atoms with Gasteiger partial charge in [0.25, 0.3) is 0 Å². The number of hydrogen-bond donors (Lipinski definition) is 1. The third-order valence-corrected chi connectivity index (χ3v) is 6.22. The van der Waals surface area contributed by atoms with Crippen LogP contribution < -0.4 is 10.1 Å². The molecule has 0 spiro atoms. The zero-order chi connectivity index (χ0) is 20.9. The van der Waals surface area contributed by atoms with Crippen molar-refractivity contribution < 1.29 is 9.13 Å². The van der Waals surface area contributed by atoms with Gasteiger partial charge >= 0.3 is 0 Å². The van der Waals surface area contributed by atoms with E-state index >= 15 is 0 Å². The molecule has 6 rings (SSSR count). The molecule has 1 N–H and O–H groups in total. The number of halogens is 2. The Morgan fingerprint density at radius 1 is 0.968 bits per heavy atom. The van der Waals surface area contributed by atoms with Gasteiger partial charge < -0.3 is 10.1 Å². The van der Waals surface area contributed by atoms with Gasteiger partial charge in [-0.2, -0.15) is 10.1 Å². The molecule has 4 aromatic rings. The van der Waals surface area contributed by atoms with E-state index in [0.717, 1.165) is 26.9 Å². The molecule has 2 atom stereocenters. The third kappa shape index (κ3) is 2.88. The summed E-state index contributed by atoms with van der Waals surface area (Å²) in [6.45, 7) is 0. The number of ether oxygens (including phenoxy) is 1.